The minimum atomic E-state index is -2.51. The van der Waals surface area contributed by atoms with Crippen molar-refractivity contribution in [3.63, 3.8) is 0 Å². The van der Waals surface area contributed by atoms with E-state index in [4.69, 9.17) is 14.0 Å². The Balaban J connectivity index is 1.45. The molecule has 3 aromatic rings. The summed E-state index contributed by atoms with van der Waals surface area (Å²) in [5, 5.41) is 4.12. The van der Waals surface area contributed by atoms with Gasteiger partial charge in [-0.2, -0.15) is 0 Å². The fourth-order valence-corrected chi connectivity index (χ4v) is 3.36. The molecular formula is C21H22F2N4O3. The summed E-state index contributed by atoms with van der Waals surface area (Å²) >= 11 is 0. The zero-order chi connectivity index (χ0) is 21.1. The van der Waals surface area contributed by atoms with E-state index in [0.29, 0.717) is 35.9 Å². The highest BCUT2D eigenvalue weighted by Crippen LogP contribution is 2.44. The highest BCUT2D eigenvalue weighted by molar-refractivity contribution is 5.62. The molecule has 30 heavy (non-hydrogen) atoms. The minimum Gasteiger partial charge on any atom is -0.471 e. The molecule has 9 heteroatoms. The number of hydrogen-bond donors (Lipinski definition) is 0. The van der Waals surface area contributed by atoms with E-state index in [1.165, 1.54) is 12.4 Å². The van der Waals surface area contributed by atoms with Gasteiger partial charge in [-0.05, 0) is 45.2 Å². The van der Waals surface area contributed by atoms with E-state index in [1.54, 1.807) is 6.20 Å². The molecule has 3 aromatic heterocycles. The Hall–Kier alpha value is -2.94. The van der Waals surface area contributed by atoms with Gasteiger partial charge < -0.3 is 14.0 Å². The van der Waals surface area contributed by atoms with Crippen LogP contribution in [0.25, 0.3) is 11.3 Å². The molecule has 158 valence electrons. The minimum absolute atomic E-state index is 0.194. The van der Waals surface area contributed by atoms with E-state index in [-0.39, 0.29) is 6.61 Å². The van der Waals surface area contributed by atoms with Gasteiger partial charge in [0.05, 0.1) is 23.7 Å². The SMILES string of the molecule is Cc1ccc(-c2noc(C)c2COc2cnc(C3(OCC(F)F)CCC3)cn2)cn1. The number of aryl methyl sites for hydroxylation is 2. The van der Waals surface area contributed by atoms with Gasteiger partial charge in [-0.15, -0.1) is 0 Å². The predicted molar refractivity (Wildman–Crippen MR) is 103 cm³/mol. The first kappa shape index (κ1) is 20.3. The lowest BCUT2D eigenvalue weighted by Crippen LogP contribution is -2.39. The standard InChI is InChI=1S/C21H22F2N4O3/c1-13-4-5-15(8-24-13)20-16(14(2)30-27-20)11-28-19-10-25-17(9-26-19)21(6-3-7-21)29-12-18(22)23/h4-5,8-10,18H,3,6-7,11-12H2,1-2H3. The normalized spacial score (nSPS) is 15.2. The number of pyridine rings is 1. The Morgan fingerprint density at radius 3 is 2.53 bits per heavy atom. The zero-order valence-electron chi connectivity index (χ0n) is 16.8. The third-order valence-corrected chi connectivity index (χ3v) is 5.28. The van der Waals surface area contributed by atoms with E-state index in [2.05, 4.69) is 20.1 Å². The van der Waals surface area contributed by atoms with Crippen LogP contribution in [0.3, 0.4) is 0 Å². The van der Waals surface area contributed by atoms with Crippen LogP contribution < -0.4 is 4.74 Å². The second kappa shape index (κ2) is 8.43. The summed E-state index contributed by atoms with van der Waals surface area (Å²) in [6.07, 6.45) is 4.46. The highest BCUT2D eigenvalue weighted by Gasteiger charge is 2.42. The van der Waals surface area contributed by atoms with Gasteiger partial charge in [-0.3, -0.25) is 9.97 Å². The summed E-state index contributed by atoms with van der Waals surface area (Å²) in [6, 6.07) is 3.83. The van der Waals surface area contributed by atoms with Crippen LogP contribution >= 0.6 is 0 Å². The number of alkyl halides is 2. The molecule has 0 aromatic carbocycles. The maximum Gasteiger partial charge on any atom is 0.261 e. The van der Waals surface area contributed by atoms with Crippen LogP contribution in [0.4, 0.5) is 8.78 Å². The third-order valence-electron chi connectivity index (χ3n) is 5.28. The van der Waals surface area contributed by atoms with Crippen molar-refractivity contribution in [2.45, 2.75) is 51.7 Å². The van der Waals surface area contributed by atoms with E-state index >= 15 is 0 Å². The Morgan fingerprint density at radius 2 is 1.93 bits per heavy atom. The number of hydrogen-bond acceptors (Lipinski definition) is 7. The molecule has 0 N–H and O–H groups in total. The van der Waals surface area contributed by atoms with Crippen LogP contribution in [-0.4, -0.2) is 33.1 Å². The number of rotatable bonds is 8. The molecule has 0 amide bonds. The summed E-state index contributed by atoms with van der Waals surface area (Å²) in [5.74, 6) is 0.958. The fourth-order valence-electron chi connectivity index (χ4n) is 3.36. The van der Waals surface area contributed by atoms with E-state index in [0.717, 1.165) is 23.2 Å². The van der Waals surface area contributed by atoms with Gasteiger partial charge >= 0.3 is 0 Å². The topological polar surface area (TPSA) is 83.2 Å². The predicted octanol–water partition coefficient (Wildman–Crippen LogP) is 4.38. The van der Waals surface area contributed by atoms with Crippen LogP contribution in [-0.2, 0) is 16.9 Å². The van der Waals surface area contributed by atoms with Gasteiger partial charge in [0.15, 0.2) is 0 Å². The molecule has 7 nitrogen and oxygen atoms in total. The largest absolute Gasteiger partial charge is 0.471 e. The lowest BCUT2D eigenvalue weighted by atomic mass is 9.77. The van der Waals surface area contributed by atoms with Crippen molar-refractivity contribution in [3.8, 4) is 17.1 Å². The second-order valence-electron chi connectivity index (χ2n) is 7.33. The molecule has 4 rings (SSSR count). The summed E-state index contributed by atoms with van der Waals surface area (Å²) in [5.41, 5.74) is 2.99. The number of ether oxygens (including phenoxy) is 2. The second-order valence-corrected chi connectivity index (χ2v) is 7.33. The van der Waals surface area contributed by atoms with Crippen molar-refractivity contribution in [1.29, 1.82) is 0 Å². The quantitative estimate of drug-likeness (QED) is 0.539. The number of aromatic nitrogens is 4. The van der Waals surface area contributed by atoms with Gasteiger partial charge in [-0.25, -0.2) is 13.8 Å². The molecule has 0 radical (unpaired) electrons. The Labute approximate surface area is 172 Å². The first-order valence-corrected chi connectivity index (χ1v) is 9.72. The zero-order valence-corrected chi connectivity index (χ0v) is 16.8. The molecule has 0 spiro atoms. The van der Waals surface area contributed by atoms with Gasteiger partial charge in [0, 0.05) is 17.5 Å². The van der Waals surface area contributed by atoms with Crippen LogP contribution in [0.1, 0.15) is 42.0 Å². The Bertz CT molecular complexity index is 986. The van der Waals surface area contributed by atoms with Crippen molar-refractivity contribution in [2.75, 3.05) is 6.61 Å². The number of halogens is 2. The first-order valence-electron chi connectivity index (χ1n) is 9.72. The smallest absolute Gasteiger partial charge is 0.261 e. The van der Waals surface area contributed by atoms with Gasteiger partial charge in [0.25, 0.3) is 6.43 Å². The third kappa shape index (κ3) is 4.16. The van der Waals surface area contributed by atoms with Crippen molar-refractivity contribution in [2.24, 2.45) is 0 Å². The first-order chi connectivity index (χ1) is 14.5. The van der Waals surface area contributed by atoms with Crippen molar-refractivity contribution in [1.82, 2.24) is 20.1 Å². The molecule has 0 bridgehead atoms. The molecule has 0 atom stereocenters. The molecule has 1 aliphatic rings. The lowest BCUT2D eigenvalue weighted by molar-refractivity contribution is -0.139. The summed E-state index contributed by atoms with van der Waals surface area (Å²) in [6.45, 7) is 3.31. The average Bonchev–Trinajstić information content (AvgIpc) is 3.07. The lowest BCUT2D eigenvalue weighted by Gasteiger charge is -2.40. The van der Waals surface area contributed by atoms with E-state index < -0.39 is 18.6 Å². The van der Waals surface area contributed by atoms with Crippen LogP contribution in [0.2, 0.25) is 0 Å². The van der Waals surface area contributed by atoms with Crippen LogP contribution in [0.5, 0.6) is 5.88 Å². The summed E-state index contributed by atoms with van der Waals surface area (Å²) in [4.78, 5) is 12.9. The summed E-state index contributed by atoms with van der Waals surface area (Å²) < 4.78 is 41.7. The Kier molecular flexibility index (Phi) is 5.72. The van der Waals surface area contributed by atoms with E-state index in [1.807, 2.05) is 26.0 Å². The van der Waals surface area contributed by atoms with Crippen LogP contribution in [0, 0.1) is 13.8 Å². The van der Waals surface area contributed by atoms with Gasteiger partial charge in [0.1, 0.15) is 30.3 Å². The molecule has 1 saturated carbocycles. The summed E-state index contributed by atoms with van der Waals surface area (Å²) in [7, 11) is 0. The van der Waals surface area contributed by atoms with Crippen molar-refractivity contribution >= 4 is 0 Å². The van der Waals surface area contributed by atoms with Crippen molar-refractivity contribution in [3.05, 3.63) is 53.4 Å². The van der Waals surface area contributed by atoms with Gasteiger partial charge in [0.2, 0.25) is 5.88 Å². The maximum absolute atomic E-state index is 12.6. The monoisotopic (exact) mass is 416 g/mol. The molecule has 0 saturated heterocycles. The van der Waals surface area contributed by atoms with E-state index in [9.17, 15) is 8.78 Å². The molecule has 0 unspecified atom stereocenters. The number of nitrogens with zero attached hydrogens (tertiary/aromatic N) is 4. The molecule has 3 heterocycles. The molecular weight excluding hydrogens is 394 g/mol. The fraction of sp³-hybridized carbons (Fsp3) is 0.429. The molecule has 0 aliphatic heterocycles. The van der Waals surface area contributed by atoms with Crippen LogP contribution in [0.15, 0.2) is 35.2 Å². The maximum atomic E-state index is 12.6. The molecule has 1 fully saturated rings. The van der Waals surface area contributed by atoms with Gasteiger partial charge in [-0.1, -0.05) is 5.16 Å². The highest BCUT2D eigenvalue weighted by atomic mass is 19.3. The Morgan fingerprint density at radius 1 is 1.10 bits per heavy atom. The van der Waals surface area contributed by atoms with Crippen molar-refractivity contribution < 1.29 is 22.8 Å². The molecule has 1 aliphatic carbocycles. The average molecular weight is 416 g/mol.